The molecule has 12 heteroatoms. The number of halogens is 2. The molecule has 0 saturated heterocycles. The van der Waals surface area contributed by atoms with E-state index in [1.165, 1.54) is 6.07 Å². The van der Waals surface area contributed by atoms with Crippen molar-refractivity contribution in [3.63, 3.8) is 0 Å². The van der Waals surface area contributed by atoms with Gasteiger partial charge in [0.2, 0.25) is 0 Å². The Morgan fingerprint density at radius 2 is 2.03 bits per heavy atom. The largest absolute Gasteiger partial charge is 0.434 e. The average molecular weight is 487 g/mol. The molecular weight excluding hydrogens is 463 g/mol. The highest BCUT2D eigenvalue weighted by atomic mass is 35.5. The maximum Gasteiger partial charge on any atom is 0.405 e. The average Bonchev–Trinajstić information content (AvgIpc) is 3.16. The third kappa shape index (κ3) is 4.19. The molecule has 1 aliphatic rings. The van der Waals surface area contributed by atoms with Crippen LogP contribution in [0, 0.1) is 11.2 Å². The number of alkyl halides is 1. The highest BCUT2D eigenvalue weighted by molar-refractivity contribution is 6.19. The van der Waals surface area contributed by atoms with Crippen LogP contribution >= 0.6 is 11.6 Å². The van der Waals surface area contributed by atoms with Gasteiger partial charge >= 0.3 is 6.09 Å². The van der Waals surface area contributed by atoms with Crippen molar-refractivity contribution in [2.24, 2.45) is 16.5 Å². The number of aliphatic imine (C=N–C) groups is 1. The number of nitrogens with two attached hydrogens (primary N) is 2. The number of aromatic nitrogens is 3. The van der Waals surface area contributed by atoms with Gasteiger partial charge in [-0.05, 0) is 32.0 Å². The summed E-state index contributed by atoms with van der Waals surface area (Å²) < 4.78 is 21.0. The first kappa shape index (κ1) is 23.6. The Labute approximate surface area is 199 Å². The number of carbonyl (C=O) groups is 1. The molecule has 1 amide bonds. The molecule has 1 aromatic carbocycles. The molecule has 5 N–H and O–H groups in total. The van der Waals surface area contributed by atoms with Gasteiger partial charge < -0.3 is 21.1 Å². The molecule has 3 heterocycles. The molecule has 178 valence electrons. The first-order valence-electron chi connectivity index (χ1n) is 10.4. The van der Waals surface area contributed by atoms with E-state index in [1.807, 2.05) is 13.8 Å². The fourth-order valence-corrected chi connectivity index (χ4v) is 4.04. The molecule has 0 bridgehead atoms. The maximum atomic E-state index is 14.3. The van der Waals surface area contributed by atoms with Crippen LogP contribution in [0.2, 0.25) is 0 Å². The smallest absolute Gasteiger partial charge is 0.405 e. The van der Waals surface area contributed by atoms with Crippen LogP contribution < -0.4 is 11.5 Å². The van der Waals surface area contributed by atoms with E-state index in [9.17, 15) is 9.18 Å². The lowest BCUT2D eigenvalue weighted by Gasteiger charge is -2.46. The third-order valence-electron chi connectivity index (χ3n) is 5.55. The van der Waals surface area contributed by atoms with Crippen LogP contribution in [0.15, 0.2) is 47.6 Å². The van der Waals surface area contributed by atoms with Crippen LogP contribution in [0.25, 0.3) is 11.0 Å². The van der Waals surface area contributed by atoms with Gasteiger partial charge in [0.05, 0.1) is 17.5 Å². The van der Waals surface area contributed by atoms with Gasteiger partial charge in [-0.3, -0.25) is 5.41 Å². The molecule has 2 aromatic heterocycles. The number of ether oxygens (including phenoxy) is 1. The maximum absolute atomic E-state index is 14.3. The summed E-state index contributed by atoms with van der Waals surface area (Å²) in [7, 11) is 0. The lowest BCUT2D eigenvalue weighted by Crippen LogP contribution is -2.66. The molecule has 2 unspecified atom stereocenters. The third-order valence-corrected chi connectivity index (χ3v) is 6.21. The Bertz CT molecular complexity index is 1290. The van der Waals surface area contributed by atoms with Gasteiger partial charge in [-0.15, -0.1) is 11.6 Å². The van der Waals surface area contributed by atoms with Crippen LogP contribution in [0.4, 0.5) is 9.18 Å². The predicted octanol–water partition coefficient (Wildman–Crippen LogP) is 2.42. The SMILES string of the molecule is CC(C)(CCl)N1C(c2nn(Cc3ccccc3F)c3ncccc23)=NC(=N)C(OC(N)=O)C1N. The quantitative estimate of drug-likeness (QED) is 0.455. The van der Waals surface area contributed by atoms with Gasteiger partial charge in [-0.2, -0.15) is 5.10 Å². The van der Waals surface area contributed by atoms with Crippen LogP contribution in [-0.4, -0.2) is 61.1 Å². The summed E-state index contributed by atoms with van der Waals surface area (Å²) in [6.07, 6.45) is -1.67. The van der Waals surface area contributed by atoms with E-state index in [4.69, 9.17) is 33.2 Å². The second-order valence-electron chi connectivity index (χ2n) is 8.46. The van der Waals surface area contributed by atoms with E-state index in [0.29, 0.717) is 22.3 Å². The fraction of sp³-hybridized carbons (Fsp3) is 0.318. The minimum atomic E-state index is -1.20. The van der Waals surface area contributed by atoms with Crippen molar-refractivity contribution in [1.29, 1.82) is 5.41 Å². The molecular formula is C22H24ClFN8O2. The van der Waals surface area contributed by atoms with Crippen molar-refractivity contribution < 1.29 is 13.9 Å². The Morgan fingerprint density at radius 3 is 2.71 bits per heavy atom. The topological polar surface area (TPSA) is 148 Å². The van der Waals surface area contributed by atoms with Crippen molar-refractivity contribution in [1.82, 2.24) is 19.7 Å². The number of nitrogens with zero attached hydrogens (tertiary/aromatic N) is 5. The molecule has 10 nitrogen and oxygen atoms in total. The molecule has 1 aliphatic heterocycles. The van der Waals surface area contributed by atoms with Crippen molar-refractivity contribution in [2.45, 2.75) is 38.2 Å². The van der Waals surface area contributed by atoms with E-state index in [0.717, 1.165) is 0 Å². The summed E-state index contributed by atoms with van der Waals surface area (Å²) >= 11 is 6.26. The molecule has 3 aromatic rings. The van der Waals surface area contributed by atoms with E-state index < -0.39 is 23.9 Å². The number of nitrogens with one attached hydrogen (secondary N) is 1. The Morgan fingerprint density at radius 1 is 1.29 bits per heavy atom. The fourth-order valence-electron chi connectivity index (χ4n) is 3.92. The van der Waals surface area contributed by atoms with E-state index in [-0.39, 0.29) is 29.9 Å². The minimum absolute atomic E-state index is 0.128. The Kier molecular flexibility index (Phi) is 6.24. The van der Waals surface area contributed by atoms with Gasteiger partial charge in [0.1, 0.15) is 17.7 Å². The summed E-state index contributed by atoms with van der Waals surface area (Å²) in [6, 6.07) is 9.95. The number of hydrogen-bond acceptors (Lipinski definition) is 7. The molecule has 0 aliphatic carbocycles. The minimum Gasteiger partial charge on any atom is -0.434 e. The monoisotopic (exact) mass is 486 g/mol. The number of benzene rings is 1. The zero-order valence-corrected chi connectivity index (χ0v) is 19.3. The van der Waals surface area contributed by atoms with Gasteiger partial charge in [0.25, 0.3) is 0 Å². The highest BCUT2D eigenvalue weighted by Gasteiger charge is 2.45. The lowest BCUT2D eigenvalue weighted by atomic mass is 9.99. The summed E-state index contributed by atoms with van der Waals surface area (Å²) in [5.74, 6) is -0.247. The Hall–Kier alpha value is -3.57. The second-order valence-corrected chi connectivity index (χ2v) is 8.72. The number of primary amides is 1. The lowest BCUT2D eigenvalue weighted by molar-refractivity contribution is 0.0610. The first-order chi connectivity index (χ1) is 16.1. The molecule has 4 rings (SSSR count). The normalized spacial score (nSPS) is 18.8. The molecule has 0 spiro atoms. The van der Waals surface area contributed by atoms with Crippen LogP contribution in [0.3, 0.4) is 0 Å². The van der Waals surface area contributed by atoms with E-state index >= 15 is 0 Å². The van der Waals surface area contributed by atoms with E-state index in [1.54, 1.807) is 46.1 Å². The van der Waals surface area contributed by atoms with Gasteiger partial charge in [-0.25, -0.2) is 23.8 Å². The molecule has 34 heavy (non-hydrogen) atoms. The number of rotatable bonds is 6. The van der Waals surface area contributed by atoms with Gasteiger partial charge in [0.15, 0.2) is 23.4 Å². The molecule has 0 radical (unpaired) electrons. The second kappa shape index (κ2) is 8.99. The standard InChI is InChI=1S/C22H24ClFN8O2/c1-22(2,11-23)32-18(26)16(34-21(27)33)17(25)29-20(32)15-13-7-5-9-28-19(13)31(30-15)10-12-6-3-4-8-14(12)24/h3-9,16,18,25H,10-11,26H2,1-2H3,(H2,27,33). The summed E-state index contributed by atoms with van der Waals surface area (Å²) in [5, 5.41) is 13.7. The van der Waals surface area contributed by atoms with Crippen molar-refractivity contribution in [3.05, 3.63) is 59.7 Å². The number of hydrogen-bond donors (Lipinski definition) is 3. The number of amidine groups is 2. The first-order valence-corrected chi connectivity index (χ1v) is 11.0. The number of fused-ring (bicyclic) bond motifs is 1. The van der Waals surface area contributed by atoms with Crippen molar-refractivity contribution in [2.75, 3.05) is 5.88 Å². The van der Waals surface area contributed by atoms with Gasteiger partial charge in [-0.1, -0.05) is 18.2 Å². The molecule has 0 saturated carbocycles. The van der Waals surface area contributed by atoms with Crippen molar-refractivity contribution >= 4 is 40.4 Å². The van der Waals surface area contributed by atoms with Gasteiger partial charge in [0, 0.05) is 17.6 Å². The van der Waals surface area contributed by atoms with Crippen LogP contribution in [0.1, 0.15) is 25.1 Å². The molecule has 2 atom stereocenters. The summed E-state index contributed by atoms with van der Waals surface area (Å²) in [6.45, 7) is 3.80. The molecule has 0 fully saturated rings. The van der Waals surface area contributed by atoms with E-state index in [2.05, 4.69) is 15.1 Å². The zero-order chi connectivity index (χ0) is 24.6. The zero-order valence-electron chi connectivity index (χ0n) is 18.6. The van der Waals surface area contributed by atoms with Crippen molar-refractivity contribution in [3.8, 4) is 0 Å². The summed E-state index contributed by atoms with van der Waals surface area (Å²) in [4.78, 5) is 21.9. The Balaban J connectivity index is 1.88. The van der Waals surface area contributed by atoms with Crippen LogP contribution in [0.5, 0.6) is 0 Å². The van der Waals surface area contributed by atoms with Crippen LogP contribution in [-0.2, 0) is 11.3 Å². The summed E-state index contributed by atoms with van der Waals surface area (Å²) in [5.41, 5.74) is 12.2. The predicted molar refractivity (Wildman–Crippen MR) is 126 cm³/mol. The highest BCUT2D eigenvalue weighted by Crippen LogP contribution is 2.30. The number of amides is 1. The number of carbonyl (C=O) groups excluding carboxylic acids is 1. The number of pyridine rings is 1.